The molecule has 1 aromatic carbocycles. The largest absolute Gasteiger partial charge is 0.351 e. The van der Waals surface area contributed by atoms with Crippen LogP contribution in [0.3, 0.4) is 0 Å². The van der Waals surface area contributed by atoms with Crippen molar-refractivity contribution in [2.24, 2.45) is 12.8 Å². The maximum atomic E-state index is 12.6. The Kier molecular flexibility index (Phi) is 4.97. The van der Waals surface area contributed by atoms with E-state index in [1.165, 1.54) is 5.57 Å². The third-order valence-electron chi connectivity index (χ3n) is 6.22. The molecular formula is C24H24N6O2. The van der Waals surface area contributed by atoms with E-state index >= 15 is 0 Å². The number of nitrogens with two attached hydrogens (primary N) is 1. The van der Waals surface area contributed by atoms with E-state index in [1.807, 2.05) is 11.0 Å². The van der Waals surface area contributed by atoms with Gasteiger partial charge in [-0.15, -0.1) is 0 Å². The zero-order chi connectivity index (χ0) is 22.2. The number of aryl methyl sites for hydroxylation is 1. The molecule has 5 rings (SSSR count). The second kappa shape index (κ2) is 7.96. The Morgan fingerprint density at radius 2 is 1.94 bits per heavy atom. The summed E-state index contributed by atoms with van der Waals surface area (Å²) in [6, 6.07) is 9.58. The molecule has 4 heterocycles. The molecule has 3 aromatic rings. The predicted octanol–water partition coefficient (Wildman–Crippen LogP) is 2.73. The number of hydrogen-bond acceptors (Lipinski definition) is 4. The standard InChI is InChI=1S/C24H24N6O2/c1-28-14-20(13-27-28)23(31)29-10-7-17(8-11-29)16-2-4-18(5-3-16)22-21-6-9-26-12-19(21)15-30(22)24(25)32/h2-7,9,12-14,22H,8,10-11,15H2,1H3,(H2,25,32). The van der Waals surface area contributed by atoms with Gasteiger partial charge >= 0.3 is 6.03 Å². The van der Waals surface area contributed by atoms with Crippen molar-refractivity contribution in [2.75, 3.05) is 13.1 Å². The molecule has 162 valence electrons. The Hall–Kier alpha value is -3.94. The zero-order valence-corrected chi connectivity index (χ0v) is 17.8. The summed E-state index contributed by atoms with van der Waals surface area (Å²) in [7, 11) is 1.80. The number of benzene rings is 1. The number of hydrogen-bond donors (Lipinski definition) is 1. The lowest BCUT2D eigenvalue weighted by molar-refractivity contribution is 0.0772. The number of primary amides is 1. The molecule has 0 bridgehead atoms. The fourth-order valence-corrected chi connectivity index (χ4v) is 4.55. The molecule has 32 heavy (non-hydrogen) atoms. The van der Waals surface area contributed by atoms with Gasteiger partial charge in [-0.05, 0) is 40.3 Å². The van der Waals surface area contributed by atoms with Crippen LogP contribution in [0.1, 0.15) is 45.1 Å². The van der Waals surface area contributed by atoms with E-state index in [0.717, 1.165) is 28.7 Å². The van der Waals surface area contributed by atoms with Crippen LogP contribution in [0.15, 0.2) is 61.2 Å². The molecule has 3 amide bonds. The number of urea groups is 1. The smallest absolute Gasteiger partial charge is 0.315 e. The van der Waals surface area contributed by atoms with Gasteiger partial charge < -0.3 is 15.5 Å². The summed E-state index contributed by atoms with van der Waals surface area (Å²) >= 11 is 0. The van der Waals surface area contributed by atoms with Crippen LogP contribution >= 0.6 is 0 Å². The van der Waals surface area contributed by atoms with Crippen molar-refractivity contribution in [1.29, 1.82) is 0 Å². The molecule has 0 aliphatic carbocycles. The van der Waals surface area contributed by atoms with Gasteiger partial charge in [0.2, 0.25) is 0 Å². The van der Waals surface area contributed by atoms with Crippen molar-refractivity contribution in [3.05, 3.63) is 89.0 Å². The van der Waals surface area contributed by atoms with Crippen LogP contribution in [-0.4, -0.2) is 49.6 Å². The molecule has 8 heteroatoms. The first-order chi connectivity index (χ1) is 15.5. The number of amides is 3. The van der Waals surface area contributed by atoms with Gasteiger partial charge in [-0.25, -0.2) is 4.79 Å². The summed E-state index contributed by atoms with van der Waals surface area (Å²) in [4.78, 5) is 32.3. The molecule has 2 aromatic heterocycles. The minimum atomic E-state index is -0.441. The molecule has 0 spiro atoms. The lowest BCUT2D eigenvalue weighted by atomic mass is 9.94. The van der Waals surface area contributed by atoms with E-state index in [1.54, 1.807) is 41.4 Å². The van der Waals surface area contributed by atoms with E-state index in [9.17, 15) is 9.59 Å². The summed E-state index contributed by atoms with van der Waals surface area (Å²) in [5, 5.41) is 4.08. The number of pyridine rings is 1. The van der Waals surface area contributed by atoms with Gasteiger partial charge in [0.25, 0.3) is 5.91 Å². The van der Waals surface area contributed by atoms with Crippen LogP contribution in [0, 0.1) is 0 Å². The number of carbonyl (C=O) groups is 2. The van der Waals surface area contributed by atoms with Crippen LogP contribution in [0.4, 0.5) is 4.79 Å². The number of nitrogens with zero attached hydrogens (tertiary/aromatic N) is 5. The quantitative estimate of drug-likeness (QED) is 0.694. The second-order valence-electron chi connectivity index (χ2n) is 8.20. The normalized spacial score (nSPS) is 17.8. The lowest BCUT2D eigenvalue weighted by Crippen LogP contribution is -2.34. The highest BCUT2D eigenvalue weighted by Crippen LogP contribution is 2.38. The maximum absolute atomic E-state index is 12.6. The van der Waals surface area contributed by atoms with E-state index in [0.29, 0.717) is 25.2 Å². The lowest BCUT2D eigenvalue weighted by Gasteiger charge is -2.27. The van der Waals surface area contributed by atoms with Crippen LogP contribution in [-0.2, 0) is 13.6 Å². The van der Waals surface area contributed by atoms with Crippen LogP contribution in [0.25, 0.3) is 5.57 Å². The summed E-state index contributed by atoms with van der Waals surface area (Å²) in [5.74, 6) is 0.00433. The third-order valence-corrected chi connectivity index (χ3v) is 6.22. The predicted molar refractivity (Wildman–Crippen MR) is 119 cm³/mol. The Balaban J connectivity index is 1.34. The van der Waals surface area contributed by atoms with Crippen molar-refractivity contribution in [2.45, 2.75) is 19.0 Å². The van der Waals surface area contributed by atoms with Crippen molar-refractivity contribution < 1.29 is 9.59 Å². The van der Waals surface area contributed by atoms with Gasteiger partial charge in [0.15, 0.2) is 0 Å². The molecule has 2 aliphatic heterocycles. The van der Waals surface area contributed by atoms with Crippen molar-refractivity contribution in [3.8, 4) is 0 Å². The molecule has 1 unspecified atom stereocenters. The first-order valence-corrected chi connectivity index (χ1v) is 10.6. The Bertz CT molecular complexity index is 1210. The second-order valence-corrected chi connectivity index (χ2v) is 8.20. The van der Waals surface area contributed by atoms with E-state index in [4.69, 9.17) is 5.73 Å². The van der Waals surface area contributed by atoms with Gasteiger partial charge in [-0.3, -0.25) is 14.5 Å². The molecule has 0 radical (unpaired) electrons. The number of fused-ring (bicyclic) bond motifs is 1. The Morgan fingerprint density at radius 1 is 1.12 bits per heavy atom. The van der Waals surface area contributed by atoms with Gasteiger partial charge in [-0.1, -0.05) is 30.3 Å². The minimum absolute atomic E-state index is 0.00433. The van der Waals surface area contributed by atoms with Crippen LogP contribution < -0.4 is 5.73 Å². The first kappa shape index (κ1) is 20.0. The average molecular weight is 428 g/mol. The van der Waals surface area contributed by atoms with E-state index in [-0.39, 0.29) is 11.9 Å². The van der Waals surface area contributed by atoms with E-state index < -0.39 is 6.03 Å². The number of rotatable bonds is 3. The van der Waals surface area contributed by atoms with Crippen molar-refractivity contribution in [3.63, 3.8) is 0 Å². The molecular weight excluding hydrogens is 404 g/mol. The SMILES string of the molecule is Cn1cc(C(=O)N2CC=C(c3ccc(C4c5ccncc5CN4C(N)=O)cc3)CC2)cn1. The Morgan fingerprint density at radius 3 is 2.59 bits per heavy atom. The molecule has 0 fully saturated rings. The molecule has 8 nitrogen and oxygen atoms in total. The molecule has 2 N–H and O–H groups in total. The summed E-state index contributed by atoms with van der Waals surface area (Å²) in [5.41, 5.74) is 11.7. The summed E-state index contributed by atoms with van der Waals surface area (Å²) in [6.07, 6.45) is 9.79. The maximum Gasteiger partial charge on any atom is 0.315 e. The molecule has 2 aliphatic rings. The monoisotopic (exact) mass is 428 g/mol. The molecule has 1 atom stereocenters. The highest BCUT2D eigenvalue weighted by Gasteiger charge is 2.33. The molecule has 0 saturated heterocycles. The minimum Gasteiger partial charge on any atom is -0.351 e. The van der Waals surface area contributed by atoms with Crippen LogP contribution in [0.2, 0.25) is 0 Å². The third kappa shape index (κ3) is 3.53. The number of aromatic nitrogens is 3. The van der Waals surface area contributed by atoms with E-state index in [2.05, 4.69) is 40.4 Å². The van der Waals surface area contributed by atoms with Gasteiger partial charge in [0.1, 0.15) is 0 Å². The fraction of sp³-hybridized carbons (Fsp3) is 0.250. The fourth-order valence-electron chi connectivity index (χ4n) is 4.55. The first-order valence-electron chi connectivity index (χ1n) is 10.6. The van der Waals surface area contributed by atoms with Gasteiger partial charge in [-0.2, -0.15) is 5.10 Å². The van der Waals surface area contributed by atoms with Crippen molar-refractivity contribution in [1.82, 2.24) is 24.6 Å². The van der Waals surface area contributed by atoms with Crippen LogP contribution in [0.5, 0.6) is 0 Å². The summed E-state index contributed by atoms with van der Waals surface area (Å²) in [6.45, 7) is 1.71. The van der Waals surface area contributed by atoms with Gasteiger partial charge in [0, 0.05) is 38.7 Å². The molecule has 0 saturated carbocycles. The average Bonchev–Trinajstić information content (AvgIpc) is 3.43. The zero-order valence-electron chi connectivity index (χ0n) is 17.8. The summed E-state index contributed by atoms with van der Waals surface area (Å²) < 4.78 is 1.64. The highest BCUT2D eigenvalue weighted by atomic mass is 16.2. The topological polar surface area (TPSA) is 97.4 Å². The van der Waals surface area contributed by atoms with Crippen molar-refractivity contribution >= 4 is 17.5 Å². The van der Waals surface area contributed by atoms with Gasteiger partial charge in [0.05, 0.1) is 24.3 Å². The number of carbonyl (C=O) groups excluding carboxylic acids is 2. The highest BCUT2D eigenvalue weighted by molar-refractivity contribution is 5.94. The Labute approximate surface area is 186 Å².